The summed E-state index contributed by atoms with van der Waals surface area (Å²) < 4.78 is 21.6. The van der Waals surface area contributed by atoms with Gasteiger partial charge in [0.25, 0.3) is 0 Å². The predicted molar refractivity (Wildman–Crippen MR) is 106 cm³/mol. The van der Waals surface area contributed by atoms with Gasteiger partial charge in [-0.3, -0.25) is 0 Å². The topological polar surface area (TPSA) is 86.0 Å². The number of hydrogen-bond acceptors (Lipinski definition) is 7. The molecule has 28 heavy (non-hydrogen) atoms. The molecule has 2 N–H and O–H groups in total. The number of ether oxygens (including phenoxy) is 3. The number of aliphatic hydroxyl groups excluding tert-OH is 1. The van der Waals surface area contributed by atoms with Crippen molar-refractivity contribution in [3.8, 4) is 17.2 Å². The van der Waals surface area contributed by atoms with E-state index < -0.39 is 6.10 Å². The fourth-order valence-corrected chi connectivity index (χ4v) is 2.95. The van der Waals surface area contributed by atoms with Gasteiger partial charge in [0.2, 0.25) is 5.58 Å². The molecular formula is C21H26N2O5. The van der Waals surface area contributed by atoms with Crippen LogP contribution in [-0.2, 0) is 6.42 Å². The maximum absolute atomic E-state index is 10.2. The number of aliphatic hydroxyl groups is 1. The van der Waals surface area contributed by atoms with E-state index in [0.717, 1.165) is 29.6 Å². The summed E-state index contributed by atoms with van der Waals surface area (Å²) in [6.07, 6.45) is 0.176. The van der Waals surface area contributed by atoms with E-state index in [2.05, 4.69) is 10.5 Å². The van der Waals surface area contributed by atoms with Gasteiger partial charge in [-0.25, -0.2) is 0 Å². The average Bonchev–Trinajstić information content (AvgIpc) is 3.11. The summed E-state index contributed by atoms with van der Waals surface area (Å²) in [5, 5.41) is 18.3. The molecule has 0 bridgehead atoms. The quantitative estimate of drug-likeness (QED) is 0.518. The van der Waals surface area contributed by atoms with E-state index in [0.29, 0.717) is 29.4 Å². The van der Waals surface area contributed by atoms with Crippen LogP contribution in [0.1, 0.15) is 11.3 Å². The Morgan fingerprint density at radius 2 is 1.93 bits per heavy atom. The minimum atomic E-state index is -0.635. The SMILES string of the molecule is COc1ccc(CCNCC(O)COc2cccc3c(C)noc23)cc1OC. The Labute approximate surface area is 164 Å². The van der Waals surface area contributed by atoms with Gasteiger partial charge in [0, 0.05) is 11.9 Å². The number of para-hydroxylation sites is 1. The molecule has 1 atom stereocenters. The van der Waals surface area contributed by atoms with E-state index in [1.807, 2.05) is 43.3 Å². The van der Waals surface area contributed by atoms with Crippen molar-refractivity contribution in [3.63, 3.8) is 0 Å². The van der Waals surface area contributed by atoms with Gasteiger partial charge in [-0.15, -0.1) is 0 Å². The highest BCUT2D eigenvalue weighted by molar-refractivity contribution is 5.84. The first-order valence-corrected chi connectivity index (χ1v) is 9.20. The molecule has 7 nitrogen and oxygen atoms in total. The highest BCUT2D eigenvalue weighted by atomic mass is 16.5. The Bertz CT molecular complexity index is 909. The van der Waals surface area contributed by atoms with Crippen LogP contribution in [-0.4, -0.2) is 50.3 Å². The maximum Gasteiger partial charge on any atom is 0.208 e. The lowest BCUT2D eigenvalue weighted by Gasteiger charge is -2.14. The van der Waals surface area contributed by atoms with Gasteiger partial charge in [-0.2, -0.15) is 0 Å². The van der Waals surface area contributed by atoms with E-state index in [1.54, 1.807) is 14.2 Å². The molecule has 2 aromatic carbocycles. The van der Waals surface area contributed by atoms with Crippen molar-refractivity contribution >= 4 is 11.0 Å². The minimum Gasteiger partial charge on any atom is -0.493 e. The van der Waals surface area contributed by atoms with Crippen LogP contribution in [0.15, 0.2) is 40.9 Å². The highest BCUT2D eigenvalue weighted by Crippen LogP contribution is 2.28. The number of methoxy groups -OCH3 is 2. The molecule has 0 spiro atoms. The third-order valence-electron chi connectivity index (χ3n) is 4.49. The molecule has 3 aromatic rings. The number of aryl methyl sites for hydroxylation is 1. The van der Waals surface area contributed by atoms with E-state index in [-0.39, 0.29) is 6.61 Å². The third kappa shape index (κ3) is 4.74. The molecule has 0 saturated carbocycles. The number of rotatable bonds is 10. The number of aromatic nitrogens is 1. The fraction of sp³-hybridized carbons (Fsp3) is 0.381. The Kier molecular flexibility index (Phi) is 6.73. The van der Waals surface area contributed by atoms with Crippen molar-refractivity contribution in [2.75, 3.05) is 33.9 Å². The number of hydrogen-bond donors (Lipinski definition) is 2. The Balaban J connectivity index is 1.43. The summed E-state index contributed by atoms with van der Waals surface area (Å²) in [7, 11) is 3.24. The molecule has 0 aliphatic heterocycles. The first-order chi connectivity index (χ1) is 13.6. The zero-order chi connectivity index (χ0) is 19.9. The third-order valence-corrected chi connectivity index (χ3v) is 4.49. The summed E-state index contributed by atoms with van der Waals surface area (Å²) in [6, 6.07) is 11.5. The molecular weight excluding hydrogens is 360 g/mol. The van der Waals surface area contributed by atoms with Gasteiger partial charge in [0.05, 0.1) is 19.9 Å². The molecule has 7 heteroatoms. The van der Waals surface area contributed by atoms with E-state index >= 15 is 0 Å². The molecule has 0 amide bonds. The number of nitrogens with zero attached hydrogens (tertiary/aromatic N) is 1. The van der Waals surface area contributed by atoms with Gasteiger partial charge < -0.3 is 29.2 Å². The van der Waals surface area contributed by atoms with Gasteiger partial charge in [-0.1, -0.05) is 17.3 Å². The first kappa shape index (κ1) is 20.0. The van der Waals surface area contributed by atoms with Crippen molar-refractivity contribution in [2.24, 2.45) is 0 Å². The number of benzene rings is 2. The molecule has 0 aliphatic rings. The minimum absolute atomic E-state index is 0.169. The smallest absolute Gasteiger partial charge is 0.208 e. The second kappa shape index (κ2) is 9.43. The van der Waals surface area contributed by atoms with E-state index in [1.165, 1.54) is 0 Å². The summed E-state index contributed by atoms with van der Waals surface area (Å²) in [6.45, 7) is 3.21. The lowest BCUT2D eigenvalue weighted by atomic mass is 10.1. The second-order valence-electron chi connectivity index (χ2n) is 6.51. The average molecular weight is 386 g/mol. The molecule has 1 heterocycles. The van der Waals surface area contributed by atoms with Crippen molar-refractivity contribution in [2.45, 2.75) is 19.4 Å². The molecule has 1 unspecified atom stereocenters. The van der Waals surface area contributed by atoms with Crippen LogP contribution in [0.3, 0.4) is 0 Å². The van der Waals surface area contributed by atoms with Crippen LogP contribution in [0.5, 0.6) is 17.2 Å². The van der Waals surface area contributed by atoms with E-state index in [9.17, 15) is 5.11 Å². The van der Waals surface area contributed by atoms with Gasteiger partial charge in [-0.05, 0) is 49.7 Å². The van der Waals surface area contributed by atoms with Crippen LogP contribution in [0, 0.1) is 6.92 Å². The molecule has 0 aliphatic carbocycles. The van der Waals surface area contributed by atoms with Crippen molar-refractivity contribution in [3.05, 3.63) is 47.7 Å². The van der Waals surface area contributed by atoms with E-state index in [4.69, 9.17) is 18.7 Å². The lowest BCUT2D eigenvalue weighted by molar-refractivity contribution is 0.107. The van der Waals surface area contributed by atoms with Crippen molar-refractivity contribution in [1.82, 2.24) is 10.5 Å². The van der Waals surface area contributed by atoms with Crippen molar-refractivity contribution < 1.29 is 23.8 Å². The van der Waals surface area contributed by atoms with Gasteiger partial charge >= 0.3 is 0 Å². The normalized spacial score (nSPS) is 12.1. The Morgan fingerprint density at radius 3 is 2.71 bits per heavy atom. The zero-order valence-corrected chi connectivity index (χ0v) is 16.4. The summed E-state index contributed by atoms with van der Waals surface area (Å²) in [4.78, 5) is 0. The van der Waals surface area contributed by atoms with Crippen LogP contribution >= 0.6 is 0 Å². The number of nitrogens with one attached hydrogen (secondary N) is 1. The van der Waals surface area contributed by atoms with Crippen LogP contribution in [0.25, 0.3) is 11.0 Å². The molecule has 1 aromatic heterocycles. The summed E-state index contributed by atoms with van der Waals surface area (Å²) in [5.41, 5.74) is 2.55. The van der Waals surface area contributed by atoms with Crippen LogP contribution in [0.2, 0.25) is 0 Å². The molecule has 0 radical (unpaired) electrons. The Morgan fingerprint density at radius 1 is 1.11 bits per heavy atom. The highest BCUT2D eigenvalue weighted by Gasteiger charge is 2.12. The maximum atomic E-state index is 10.2. The molecule has 150 valence electrons. The predicted octanol–water partition coefficient (Wildman–Crippen LogP) is 2.73. The van der Waals surface area contributed by atoms with Gasteiger partial charge in [0.1, 0.15) is 12.7 Å². The molecule has 3 rings (SSSR count). The van der Waals surface area contributed by atoms with Crippen LogP contribution in [0.4, 0.5) is 0 Å². The van der Waals surface area contributed by atoms with Gasteiger partial charge in [0.15, 0.2) is 17.2 Å². The van der Waals surface area contributed by atoms with Crippen molar-refractivity contribution in [1.29, 1.82) is 0 Å². The lowest BCUT2D eigenvalue weighted by Crippen LogP contribution is -2.32. The summed E-state index contributed by atoms with van der Waals surface area (Å²) >= 11 is 0. The number of fused-ring (bicyclic) bond motifs is 1. The fourth-order valence-electron chi connectivity index (χ4n) is 2.95. The molecule has 0 fully saturated rings. The summed E-state index contributed by atoms with van der Waals surface area (Å²) in [5.74, 6) is 2.01. The monoisotopic (exact) mass is 386 g/mol. The first-order valence-electron chi connectivity index (χ1n) is 9.20. The second-order valence-corrected chi connectivity index (χ2v) is 6.51. The largest absolute Gasteiger partial charge is 0.493 e. The van der Waals surface area contributed by atoms with Crippen LogP contribution < -0.4 is 19.5 Å². The zero-order valence-electron chi connectivity index (χ0n) is 16.4. The standard InChI is InChI=1S/C21H26N2O5/c1-14-17-5-4-6-19(21(17)28-23-14)27-13-16(24)12-22-10-9-15-7-8-18(25-2)20(11-15)26-3/h4-8,11,16,22,24H,9-10,12-13H2,1-3H3. The Hall–Kier alpha value is -2.77. The molecule has 0 saturated heterocycles.